The lowest BCUT2D eigenvalue weighted by molar-refractivity contribution is -0.121. The van der Waals surface area contributed by atoms with E-state index >= 15 is 0 Å². The summed E-state index contributed by atoms with van der Waals surface area (Å²) in [6, 6.07) is 0.986. The fraction of sp³-hybridized carbons (Fsp3) is 0.444. The Labute approximate surface area is 108 Å². The van der Waals surface area contributed by atoms with Crippen LogP contribution in [0.15, 0.2) is 6.07 Å². The number of carbonyl (C=O) groups is 1. The number of halogens is 2. The summed E-state index contributed by atoms with van der Waals surface area (Å²) in [4.78, 5) is 13.1. The van der Waals surface area contributed by atoms with Crippen molar-refractivity contribution in [1.29, 1.82) is 0 Å². The molecule has 0 aliphatic carbocycles. The number of aromatic nitrogens is 2. The highest BCUT2D eigenvalue weighted by molar-refractivity contribution is 6.33. The van der Waals surface area contributed by atoms with Crippen LogP contribution in [-0.2, 0) is 9.53 Å². The SMILES string of the molecule is NC(=O)C1COCCN1c1cc(Cl)nnc1Cl. The maximum absolute atomic E-state index is 11.3. The number of ether oxygens (including phenoxy) is 1. The predicted octanol–water partition coefficient (Wildman–Crippen LogP) is 0.474. The Hall–Kier alpha value is -1.11. The largest absolute Gasteiger partial charge is 0.377 e. The Morgan fingerprint density at radius 3 is 3.00 bits per heavy atom. The molecule has 0 saturated carbocycles. The molecule has 1 aromatic rings. The van der Waals surface area contributed by atoms with Gasteiger partial charge in [-0.05, 0) is 0 Å². The van der Waals surface area contributed by atoms with Crippen molar-refractivity contribution in [3.8, 4) is 0 Å². The molecule has 1 amide bonds. The molecule has 1 aromatic heterocycles. The van der Waals surface area contributed by atoms with Crippen LogP contribution in [0.4, 0.5) is 5.69 Å². The first-order valence-electron chi connectivity index (χ1n) is 4.92. The second-order valence-corrected chi connectivity index (χ2v) is 4.27. The molecule has 0 spiro atoms. The molecule has 1 fully saturated rings. The minimum atomic E-state index is -0.568. The second kappa shape index (κ2) is 5.03. The van der Waals surface area contributed by atoms with Gasteiger partial charge in [0.15, 0.2) is 10.3 Å². The minimum Gasteiger partial charge on any atom is -0.377 e. The first-order valence-corrected chi connectivity index (χ1v) is 5.67. The third-order valence-electron chi connectivity index (χ3n) is 2.47. The zero-order chi connectivity index (χ0) is 12.4. The highest BCUT2D eigenvalue weighted by atomic mass is 35.5. The quantitative estimate of drug-likeness (QED) is 0.850. The van der Waals surface area contributed by atoms with Gasteiger partial charge in [0, 0.05) is 12.6 Å². The standard InChI is InChI=1S/C9H10Cl2N4O2/c10-7-3-5(8(11)14-13-7)15-1-2-17-4-6(15)9(12)16/h3,6H,1-2,4H2,(H2,12,16). The molecule has 17 heavy (non-hydrogen) atoms. The average molecular weight is 277 g/mol. The fourth-order valence-corrected chi connectivity index (χ4v) is 2.02. The summed E-state index contributed by atoms with van der Waals surface area (Å²) < 4.78 is 5.21. The van der Waals surface area contributed by atoms with Crippen molar-refractivity contribution in [2.24, 2.45) is 5.73 Å². The Morgan fingerprint density at radius 2 is 2.29 bits per heavy atom. The van der Waals surface area contributed by atoms with Gasteiger partial charge in [0.25, 0.3) is 0 Å². The van der Waals surface area contributed by atoms with Gasteiger partial charge in [0.1, 0.15) is 6.04 Å². The van der Waals surface area contributed by atoms with E-state index in [4.69, 9.17) is 33.7 Å². The molecular weight excluding hydrogens is 267 g/mol. The van der Waals surface area contributed by atoms with Crippen molar-refractivity contribution in [3.63, 3.8) is 0 Å². The summed E-state index contributed by atoms with van der Waals surface area (Å²) in [6.45, 7) is 1.21. The molecule has 2 N–H and O–H groups in total. The van der Waals surface area contributed by atoms with Crippen molar-refractivity contribution in [2.45, 2.75) is 6.04 Å². The van der Waals surface area contributed by atoms with Crippen molar-refractivity contribution in [1.82, 2.24) is 10.2 Å². The molecule has 1 unspecified atom stereocenters. The molecule has 2 heterocycles. The number of rotatable bonds is 2. The predicted molar refractivity (Wildman–Crippen MR) is 63.2 cm³/mol. The molecule has 8 heteroatoms. The molecule has 1 atom stereocenters. The van der Waals surface area contributed by atoms with E-state index in [2.05, 4.69) is 10.2 Å². The highest BCUT2D eigenvalue weighted by Crippen LogP contribution is 2.28. The van der Waals surface area contributed by atoms with E-state index < -0.39 is 11.9 Å². The molecular formula is C9H10Cl2N4O2. The molecule has 1 aliphatic rings. The third-order valence-corrected chi connectivity index (χ3v) is 2.92. The first-order chi connectivity index (χ1) is 8.09. The number of nitrogens with zero attached hydrogens (tertiary/aromatic N) is 3. The number of hydrogen-bond acceptors (Lipinski definition) is 5. The van der Waals surface area contributed by atoms with Gasteiger partial charge in [-0.25, -0.2) is 0 Å². The van der Waals surface area contributed by atoms with Crippen LogP contribution in [0.2, 0.25) is 10.3 Å². The van der Waals surface area contributed by atoms with Crippen LogP contribution in [0.5, 0.6) is 0 Å². The molecule has 2 rings (SSSR count). The lowest BCUT2D eigenvalue weighted by Crippen LogP contribution is -2.52. The molecule has 0 aromatic carbocycles. The molecule has 0 radical (unpaired) electrons. The monoisotopic (exact) mass is 276 g/mol. The lowest BCUT2D eigenvalue weighted by Gasteiger charge is -2.35. The van der Waals surface area contributed by atoms with E-state index in [1.54, 1.807) is 11.0 Å². The first kappa shape index (κ1) is 12.3. The van der Waals surface area contributed by atoms with Gasteiger partial charge in [0.05, 0.1) is 18.9 Å². The summed E-state index contributed by atoms with van der Waals surface area (Å²) in [5.74, 6) is -0.478. The summed E-state index contributed by atoms with van der Waals surface area (Å²) in [7, 11) is 0. The fourth-order valence-electron chi connectivity index (χ4n) is 1.67. The molecule has 6 nitrogen and oxygen atoms in total. The molecule has 92 valence electrons. The van der Waals surface area contributed by atoms with Crippen molar-refractivity contribution in [3.05, 3.63) is 16.4 Å². The van der Waals surface area contributed by atoms with Crippen molar-refractivity contribution < 1.29 is 9.53 Å². The Kier molecular flexibility index (Phi) is 3.66. The Morgan fingerprint density at radius 1 is 1.53 bits per heavy atom. The van der Waals surface area contributed by atoms with Gasteiger partial charge < -0.3 is 15.4 Å². The van der Waals surface area contributed by atoms with Gasteiger partial charge in [-0.1, -0.05) is 23.2 Å². The van der Waals surface area contributed by atoms with E-state index in [1.807, 2.05) is 0 Å². The average Bonchev–Trinajstić information content (AvgIpc) is 2.32. The Balaban J connectivity index is 2.35. The van der Waals surface area contributed by atoms with E-state index in [1.165, 1.54) is 0 Å². The Bertz CT molecular complexity index is 443. The number of primary amides is 1. The number of amides is 1. The van der Waals surface area contributed by atoms with Crippen LogP contribution in [0.1, 0.15) is 0 Å². The number of carbonyl (C=O) groups excluding carboxylic acids is 1. The van der Waals surface area contributed by atoms with E-state index in [0.29, 0.717) is 18.8 Å². The number of hydrogen-bond donors (Lipinski definition) is 1. The molecule has 1 saturated heterocycles. The van der Waals surface area contributed by atoms with Gasteiger partial charge in [-0.15, -0.1) is 10.2 Å². The van der Waals surface area contributed by atoms with Crippen LogP contribution in [0.25, 0.3) is 0 Å². The number of nitrogens with two attached hydrogens (primary N) is 1. The van der Waals surface area contributed by atoms with Gasteiger partial charge >= 0.3 is 0 Å². The summed E-state index contributed by atoms with van der Waals surface area (Å²) >= 11 is 11.7. The van der Waals surface area contributed by atoms with Crippen LogP contribution >= 0.6 is 23.2 Å². The maximum atomic E-state index is 11.3. The smallest absolute Gasteiger partial charge is 0.242 e. The van der Waals surface area contributed by atoms with Crippen molar-refractivity contribution >= 4 is 34.8 Å². The normalized spacial score (nSPS) is 20.4. The summed E-state index contributed by atoms with van der Waals surface area (Å²) in [6.07, 6.45) is 0. The topological polar surface area (TPSA) is 81.3 Å². The number of morpholine rings is 1. The zero-order valence-electron chi connectivity index (χ0n) is 8.77. The summed E-state index contributed by atoms with van der Waals surface area (Å²) in [5, 5.41) is 7.70. The van der Waals surface area contributed by atoms with E-state index in [9.17, 15) is 4.79 Å². The molecule has 1 aliphatic heterocycles. The van der Waals surface area contributed by atoms with Crippen LogP contribution in [-0.4, -0.2) is 41.9 Å². The van der Waals surface area contributed by atoms with Gasteiger partial charge in [-0.3, -0.25) is 4.79 Å². The number of anilines is 1. The molecule has 0 bridgehead atoms. The van der Waals surface area contributed by atoms with Crippen molar-refractivity contribution in [2.75, 3.05) is 24.7 Å². The lowest BCUT2D eigenvalue weighted by atomic mass is 10.2. The highest BCUT2D eigenvalue weighted by Gasteiger charge is 2.29. The maximum Gasteiger partial charge on any atom is 0.242 e. The van der Waals surface area contributed by atoms with Gasteiger partial charge in [-0.2, -0.15) is 0 Å². The van der Waals surface area contributed by atoms with Crippen LogP contribution in [0.3, 0.4) is 0 Å². The second-order valence-electron chi connectivity index (χ2n) is 3.53. The third kappa shape index (κ3) is 2.59. The summed E-state index contributed by atoms with van der Waals surface area (Å²) in [5.41, 5.74) is 5.85. The zero-order valence-corrected chi connectivity index (χ0v) is 10.3. The van der Waals surface area contributed by atoms with Gasteiger partial charge in [0.2, 0.25) is 5.91 Å². The van der Waals surface area contributed by atoms with Crippen LogP contribution in [0, 0.1) is 0 Å². The van der Waals surface area contributed by atoms with E-state index in [0.717, 1.165) is 0 Å². The minimum absolute atomic E-state index is 0.183. The van der Waals surface area contributed by atoms with E-state index in [-0.39, 0.29) is 16.9 Å². The van der Waals surface area contributed by atoms with Crippen LogP contribution < -0.4 is 10.6 Å².